The third kappa shape index (κ3) is 5.42. The molecule has 1 aromatic carbocycles. The van der Waals surface area contributed by atoms with E-state index in [0.29, 0.717) is 32.1 Å². The molecule has 2 aromatic heterocycles. The molecule has 0 aliphatic carbocycles. The Morgan fingerprint density at radius 1 is 1.09 bits per heavy atom. The molecule has 35 heavy (non-hydrogen) atoms. The number of amides is 2. The smallest absolute Gasteiger partial charge is 0.255 e. The van der Waals surface area contributed by atoms with Crippen molar-refractivity contribution >= 4 is 23.2 Å². The molecule has 8 heteroatoms. The zero-order valence-corrected chi connectivity index (χ0v) is 22.0. The van der Waals surface area contributed by atoms with Gasteiger partial charge in [0, 0.05) is 56.3 Å². The molecule has 7 nitrogen and oxygen atoms in total. The van der Waals surface area contributed by atoms with Gasteiger partial charge in [-0.3, -0.25) is 9.59 Å². The summed E-state index contributed by atoms with van der Waals surface area (Å²) in [5.41, 5.74) is 4.59. The third-order valence-electron chi connectivity index (χ3n) is 6.64. The molecule has 1 aliphatic rings. The second-order valence-electron chi connectivity index (χ2n) is 9.43. The molecule has 186 valence electrons. The van der Waals surface area contributed by atoms with Crippen LogP contribution in [0, 0.1) is 12.8 Å². The van der Waals surface area contributed by atoms with Crippen LogP contribution in [0.25, 0.3) is 22.0 Å². The fourth-order valence-corrected chi connectivity index (χ4v) is 5.22. The number of methoxy groups -OCH3 is 1. The molecule has 0 N–H and O–H groups in total. The summed E-state index contributed by atoms with van der Waals surface area (Å²) in [6.07, 6.45) is 1.02. The molecular formula is C27H34N4O3S. The lowest BCUT2D eigenvalue weighted by atomic mass is 10.1. The maximum absolute atomic E-state index is 13.5. The molecule has 3 aromatic rings. The largest absolute Gasteiger partial charge is 0.497 e. The molecule has 4 rings (SSSR count). The Morgan fingerprint density at radius 3 is 2.34 bits per heavy atom. The highest BCUT2D eigenvalue weighted by atomic mass is 32.1. The van der Waals surface area contributed by atoms with Crippen LogP contribution >= 0.6 is 11.3 Å². The quantitative estimate of drug-likeness (QED) is 0.466. The zero-order chi connectivity index (χ0) is 25.1. The van der Waals surface area contributed by atoms with E-state index >= 15 is 0 Å². The molecule has 0 spiro atoms. The van der Waals surface area contributed by atoms with E-state index in [-0.39, 0.29) is 11.8 Å². The van der Waals surface area contributed by atoms with Crippen molar-refractivity contribution in [2.45, 2.75) is 40.7 Å². The van der Waals surface area contributed by atoms with E-state index in [1.807, 2.05) is 42.2 Å². The molecule has 0 unspecified atom stereocenters. The molecule has 0 saturated carbocycles. The highest BCUT2D eigenvalue weighted by molar-refractivity contribution is 7.13. The zero-order valence-electron chi connectivity index (χ0n) is 21.2. The normalized spacial score (nSPS) is 14.0. The number of hydrogen-bond donors (Lipinski definition) is 0. The number of hydrogen-bond acceptors (Lipinski definition) is 5. The van der Waals surface area contributed by atoms with Gasteiger partial charge in [0.1, 0.15) is 10.8 Å². The number of piperazine rings is 1. The fraction of sp³-hybridized carbons (Fsp3) is 0.444. The van der Waals surface area contributed by atoms with Crippen molar-refractivity contribution in [2.24, 2.45) is 5.92 Å². The van der Waals surface area contributed by atoms with E-state index in [4.69, 9.17) is 9.72 Å². The Morgan fingerprint density at radius 2 is 1.74 bits per heavy atom. The summed E-state index contributed by atoms with van der Waals surface area (Å²) >= 11 is 1.60. The first-order valence-electron chi connectivity index (χ1n) is 12.1. The average Bonchev–Trinajstić information content (AvgIpc) is 3.47. The van der Waals surface area contributed by atoms with Gasteiger partial charge >= 0.3 is 0 Å². The van der Waals surface area contributed by atoms with E-state index < -0.39 is 0 Å². The predicted octanol–water partition coefficient (Wildman–Crippen LogP) is 4.95. The summed E-state index contributed by atoms with van der Waals surface area (Å²) in [6, 6.07) is 9.91. The first-order valence-corrected chi connectivity index (χ1v) is 13.0. The topological polar surface area (TPSA) is 67.7 Å². The van der Waals surface area contributed by atoms with Gasteiger partial charge in [-0.05, 0) is 49.6 Å². The second kappa shape index (κ2) is 10.6. The number of aromatic nitrogens is 2. The highest BCUT2D eigenvalue weighted by Crippen LogP contribution is 2.33. The van der Waals surface area contributed by atoms with Crippen LogP contribution in [0.4, 0.5) is 0 Å². The standard InChI is InChI=1S/C27H34N4O3S/c1-18(2)10-11-31-19(3)23(27(33)30-14-12-29(13-15-30)20(4)32)16-25(31)24-17-35-26(28-24)21-6-8-22(34-5)9-7-21/h6-9,16-18H,10-15H2,1-5H3. The molecule has 0 bridgehead atoms. The van der Waals surface area contributed by atoms with E-state index in [2.05, 4.69) is 23.8 Å². The minimum atomic E-state index is 0.0286. The Bertz CT molecular complexity index is 1190. The van der Waals surface area contributed by atoms with Gasteiger partial charge in [-0.25, -0.2) is 4.98 Å². The molecule has 1 fully saturated rings. The van der Waals surface area contributed by atoms with Gasteiger partial charge in [0.25, 0.3) is 5.91 Å². The van der Waals surface area contributed by atoms with Crippen molar-refractivity contribution in [2.75, 3.05) is 33.3 Å². The number of carbonyl (C=O) groups excluding carboxylic acids is 2. The minimum Gasteiger partial charge on any atom is -0.497 e. The maximum Gasteiger partial charge on any atom is 0.255 e. The number of nitrogens with zero attached hydrogens (tertiary/aromatic N) is 4. The number of carbonyl (C=O) groups is 2. The molecule has 0 radical (unpaired) electrons. The third-order valence-corrected chi connectivity index (χ3v) is 7.53. The van der Waals surface area contributed by atoms with Crippen molar-refractivity contribution in [3.05, 3.63) is 47.0 Å². The minimum absolute atomic E-state index is 0.0286. The Kier molecular flexibility index (Phi) is 7.60. The van der Waals surface area contributed by atoms with Gasteiger partial charge in [0.2, 0.25) is 5.91 Å². The van der Waals surface area contributed by atoms with Gasteiger partial charge in [0.15, 0.2) is 0 Å². The lowest BCUT2D eigenvalue weighted by Gasteiger charge is -2.34. The molecule has 3 heterocycles. The molecule has 2 amide bonds. The van der Waals surface area contributed by atoms with Crippen LogP contribution < -0.4 is 4.74 Å². The summed E-state index contributed by atoms with van der Waals surface area (Å²) < 4.78 is 7.51. The number of rotatable bonds is 7. The Hall–Kier alpha value is -3.13. The SMILES string of the molecule is COc1ccc(-c2nc(-c3cc(C(=O)N4CCN(C(C)=O)CC4)c(C)n3CCC(C)C)cs2)cc1. The monoisotopic (exact) mass is 494 g/mol. The lowest BCUT2D eigenvalue weighted by molar-refractivity contribution is -0.130. The van der Waals surface area contributed by atoms with Crippen LogP contribution in [-0.2, 0) is 11.3 Å². The van der Waals surface area contributed by atoms with Crippen molar-refractivity contribution in [1.82, 2.24) is 19.4 Å². The first-order chi connectivity index (χ1) is 16.8. The van der Waals surface area contributed by atoms with Crippen LogP contribution in [0.1, 0.15) is 43.2 Å². The summed E-state index contributed by atoms with van der Waals surface area (Å²) in [5, 5.41) is 3.00. The van der Waals surface area contributed by atoms with Crippen LogP contribution in [0.15, 0.2) is 35.7 Å². The number of benzene rings is 1. The molecular weight excluding hydrogens is 460 g/mol. The lowest BCUT2D eigenvalue weighted by Crippen LogP contribution is -2.50. The van der Waals surface area contributed by atoms with Gasteiger partial charge in [0.05, 0.1) is 24.1 Å². The van der Waals surface area contributed by atoms with E-state index in [1.54, 1.807) is 30.3 Å². The van der Waals surface area contributed by atoms with E-state index in [9.17, 15) is 9.59 Å². The Balaban J connectivity index is 1.64. The van der Waals surface area contributed by atoms with Crippen molar-refractivity contribution in [3.8, 4) is 27.7 Å². The maximum atomic E-state index is 13.5. The summed E-state index contributed by atoms with van der Waals surface area (Å²) in [5.74, 6) is 1.46. The van der Waals surface area contributed by atoms with E-state index in [1.165, 1.54) is 0 Å². The van der Waals surface area contributed by atoms with Crippen molar-refractivity contribution in [3.63, 3.8) is 0 Å². The highest BCUT2D eigenvalue weighted by Gasteiger charge is 2.27. The first kappa shape index (κ1) is 25.0. The predicted molar refractivity (Wildman–Crippen MR) is 140 cm³/mol. The molecule has 1 saturated heterocycles. The summed E-state index contributed by atoms with van der Waals surface area (Å²) in [7, 11) is 1.66. The van der Waals surface area contributed by atoms with Gasteiger partial charge in [-0.2, -0.15) is 0 Å². The number of ether oxygens (including phenoxy) is 1. The molecule has 1 aliphatic heterocycles. The van der Waals surface area contributed by atoms with Gasteiger partial charge in [-0.15, -0.1) is 11.3 Å². The second-order valence-corrected chi connectivity index (χ2v) is 10.3. The summed E-state index contributed by atoms with van der Waals surface area (Å²) in [6.45, 7) is 11.1. The van der Waals surface area contributed by atoms with Crippen LogP contribution in [0.5, 0.6) is 5.75 Å². The van der Waals surface area contributed by atoms with Crippen molar-refractivity contribution in [1.29, 1.82) is 0 Å². The number of thiazole rings is 1. The Labute approximate surface area is 211 Å². The van der Waals surface area contributed by atoms with Crippen LogP contribution in [0.2, 0.25) is 0 Å². The summed E-state index contributed by atoms with van der Waals surface area (Å²) in [4.78, 5) is 33.8. The van der Waals surface area contributed by atoms with E-state index in [0.717, 1.165) is 51.9 Å². The van der Waals surface area contributed by atoms with Crippen LogP contribution in [-0.4, -0.2) is 64.5 Å². The van der Waals surface area contributed by atoms with Crippen molar-refractivity contribution < 1.29 is 14.3 Å². The fourth-order valence-electron chi connectivity index (χ4n) is 4.40. The van der Waals surface area contributed by atoms with Crippen LogP contribution in [0.3, 0.4) is 0 Å². The molecule has 0 atom stereocenters. The van der Waals surface area contributed by atoms with Gasteiger partial charge in [-0.1, -0.05) is 13.8 Å². The average molecular weight is 495 g/mol. The van der Waals surface area contributed by atoms with Gasteiger partial charge < -0.3 is 19.1 Å².